The van der Waals surface area contributed by atoms with Crippen LogP contribution in [0.1, 0.15) is 28.9 Å². The van der Waals surface area contributed by atoms with E-state index in [9.17, 15) is 9.59 Å². The van der Waals surface area contributed by atoms with Crippen LogP contribution in [0.25, 0.3) is 0 Å². The lowest BCUT2D eigenvalue weighted by atomic mass is 10.0. The van der Waals surface area contributed by atoms with Crippen LogP contribution in [0, 0.1) is 0 Å². The molecule has 6 heteroatoms. The van der Waals surface area contributed by atoms with Gasteiger partial charge < -0.3 is 9.64 Å². The SMILES string of the molecule is O=C(C[C@@H]1COCCN1C(=O)CCc1cscn1)c1ccccc1. The van der Waals surface area contributed by atoms with E-state index >= 15 is 0 Å². The summed E-state index contributed by atoms with van der Waals surface area (Å²) in [5.41, 5.74) is 3.40. The van der Waals surface area contributed by atoms with E-state index in [4.69, 9.17) is 4.74 Å². The van der Waals surface area contributed by atoms with E-state index in [1.807, 2.05) is 23.6 Å². The Morgan fingerprint density at radius 1 is 1.29 bits per heavy atom. The summed E-state index contributed by atoms with van der Waals surface area (Å²) in [7, 11) is 0. The number of carbonyl (C=O) groups is 2. The Morgan fingerprint density at radius 3 is 2.88 bits per heavy atom. The van der Waals surface area contributed by atoms with Crippen LogP contribution >= 0.6 is 11.3 Å². The fraction of sp³-hybridized carbons (Fsp3) is 0.389. The molecular weight excluding hydrogens is 324 g/mol. The second-order valence-electron chi connectivity index (χ2n) is 5.79. The normalized spacial score (nSPS) is 17.7. The van der Waals surface area contributed by atoms with Gasteiger partial charge in [0, 0.05) is 30.3 Å². The first kappa shape index (κ1) is 16.8. The van der Waals surface area contributed by atoms with Gasteiger partial charge >= 0.3 is 0 Å². The number of ketones is 1. The molecule has 0 unspecified atom stereocenters. The standard InChI is InChI=1S/C18H20N2O3S/c21-17(14-4-2-1-3-5-14)10-16-11-23-9-8-20(16)18(22)7-6-15-12-24-13-19-15/h1-5,12-13,16H,6-11H2/t16-/m1/s1. The molecule has 1 atom stereocenters. The summed E-state index contributed by atoms with van der Waals surface area (Å²) in [6.07, 6.45) is 1.35. The number of carbonyl (C=O) groups excluding carboxylic acids is 2. The molecule has 24 heavy (non-hydrogen) atoms. The zero-order valence-electron chi connectivity index (χ0n) is 13.4. The third-order valence-electron chi connectivity index (χ3n) is 4.14. The van der Waals surface area contributed by atoms with Crippen LogP contribution < -0.4 is 0 Å². The van der Waals surface area contributed by atoms with E-state index in [0.29, 0.717) is 44.6 Å². The average molecular weight is 344 g/mol. The van der Waals surface area contributed by atoms with Gasteiger partial charge in [0.15, 0.2) is 5.78 Å². The van der Waals surface area contributed by atoms with Crippen LogP contribution in [0.3, 0.4) is 0 Å². The van der Waals surface area contributed by atoms with E-state index < -0.39 is 0 Å². The summed E-state index contributed by atoms with van der Waals surface area (Å²) in [4.78, 5) is 31.0. The number of amides is 1. The minimum atomic E-state index is -0.186. The Bertz CT molecular complexity index is 673. The molecule has 0 saturated carbocycles. The summed E-state index contributed by atoms with van der Waals surface area (Å²) in [5, 5.41) is 1.96. The molecule has 1 amide bonds. The summed E-state index contributed by atoms with van der Waals surface area (Å²) >= 11 is 1.53. The van der Waals surface area contributed by atoms with Crippen molar-refractivity contribution >= 4 is 23.0 Å². The fourth-order valence-electron chi connectivity index (χ4n) is 2.85. The number of benzene rings is 1. The van der Waals surface area contributed by atoms with Crippen molar-refractivity contribution in [3.8, 4) is 0 Å². The molecule has 1 aromatic carbocycles. The largest absolute Gasteiger partial charge is 0.377 e. The van der Waals surface area contributed by atoms with Gasteiger partial charge in [0.2, 0.25) is 5.91 Å². The molecule has 2 aromatic rings. The topological polar surface area (TPSA) is 59.5 Å². The van der Waals surface area contributed by atoms with Crippen molar-refractivity contribution in [2.45, 2.75) is 25.3 Å². The number of nitrogens with zero attached hydrogens (tertiary/aromatic N) is 2. The lowest BCUT2D eigenvalue weighted by Crippen LogP contribution is -2.49. The Hall–Kier alpha value is -2.05. The highest BCUT2D eigenvalue weighted by Gasteiger charge is 2.29. The maximum atomic E-state index is 12.6. The maximum absolute atomic E-state index is 12.6. The molecule has 1 aromatic heterocycles. The van der Waals surface area contributed by atoms with Crippen molar-refractivity contribution in [1.82, 2.24) is 9.88 Å². The number of hydrogen-bond donors (Lipinski definition) is 0. The zero-order chi connectivity index (χ0) is 16.8. The highest BCUT2D eigenvalue weighted by molar-refractivity contribution is 7.07. The molecule has 0 radical (unpaired) electrons. The molecule has 1 fully saturated rings. The van der Waals surface area contributed by atoms with Crippen molar-refractivity contribution in [3.05, 3.63) is 52.5 Å². The van der Waals surface area contributed by atoms with Crippen LogP contribution in [0.4, 0.5) is 0 Å². The molecule has 3 rings (SSSR count). The number of aromatic nitrogens is 1. The van der Waals surface area contributed by atoms with Crippen molar-refractivity contribution in [2.75, 3.05) is 19.8 Å². The molecule has 0 N–H and O–H groups in total. The summed E-state index contributed by atoms with van der Waals surface area (Å²) in [6, 6.07) is 9.01. The molecule has 0 aliphatic carbocycles. The van der Waals surface area contributed by atoms with Gasteiger partial charge in [-0.1, -0.05) is 30.3 Å². The van der Waals surface area contributed by atoms with Gasteiger partial charge in [0.25, 0.3) is 0 Å². The van der Waals surface area contributed by atoms with Gasteiger partial charge in [-0.2, -0.15) is 0 Å². The third kappa shape index (κ3) is 4.27. The summed E-state index contributed by atoms with van der Waals surface area (Å²) in [6.45, 7) is 1.49. The molecular formula is C18H20N2O3S. The van der Waals surface area contributed by atoms with Gasteiger partial charge in [-0.25, -0.2) is 4.98 Å². The van der Waals surface area contributed by atoms with E-state index in [1.165, 1.54) is 11.3 Å². The first-order valence-corrected chi connectivity index (χ1v) is 9.01. The minimum absolute atomic E-state index is 0.0448. The van der Waals surface area contributed by atoms with Crippen LogP contribution in [-0.2, 0) is 16.0 Å². The Morgan fingerprint density at radius 2 is 2.12 bits per heavy atom. The number of rotatable bonds is 6. The number of hydrogen-bond acceptors (Lipinski definition) is 5. The van der Waals surface area contributed by atoms with Gasteiger partial charge in [-0.15, -0.1) is 11.3 Å². The second kappa shape index (κ2) is 8.17. The summed E-state index contributed by atoms with van der Waals surface area (Å²) in [5.74, 6) is 0.112. The number of thiazole rings is 1. The lowest BCUT2D eigenvalue weighted by Gasteiger charge is -2.35. The number of Topliss-reactive ketones (excluding diaryl/α,β-unsaturated/α-hetero) is 1. The molecule has 1 aliphatic heterocycles. The van der Waals surface area contributed by atoms with Crippen molar-refractivity contribution in [3.63, 3.8) is 0 Å². The van der Waals surface area contributed by atoms with Crippen LogP contribution in [0.15, 0.2) is 41.2 Å². The van der Waals surface area contributed by atoms with Gasteiger partial charge in [0.05, 0.1) is 30.5 Å². The first-order valence-electron chi connectivity index (χ1n) is 8.06. The third-order valence-corrected chi connectivity index (χ3v) is 4.78. The van der Waals surface area contributed by atoms with E-state index in [2.05, 4.69) is 4.98 Å². The molecule has 5 nitrogen and oxygen atoms in total. The van der Waals surface area contributed by atoms with E-state index in [-0.39, 0.29) is 17.7 Å². The molecule has 1 saturated heterocycles. The molecule has 0 bridgehead atoms. The van der Waals surface area contributed by atoms with Crippen LogP contribution in [-0.4, -0.2) is 47.4 Å². The lowest BCUT2D eigenvalue weighted by molar-refractivity contribution is -0.139. The average Bonchev–Trinajstić information content (AvgIpc) is 3.14. The Balaban J connectivity index is 1.60. The van der Waals surface area contributed by atoms with Crippen molar-refractivity contribution in [2.24, 2.45) is 0 Å². The predicted octanol–water partition coefficient (Wildman–Crippen LogP) is 2.58. The first-order chi connectivity index (χ1) is 11.7. The molecule has 1 aliphatic rings. The minimum Gasteiger partial charge on any atom is -0.377 e. The predicted molar refractivity (Wildman–Crippen MR) is 92.1 cm³/mol. The number of morpholine rings is 1. The number of ether oxygens (including phenoxy) is 1. The molecule has 2 heterocycles. The second-order valence-corrected chi connectivity index (χ2v) is 6.51. The Labute approximate surface area is 145 Å². The van der Waals surface area contributed by atoms with Gasteiger partial charge in [-0.05, 0) is 6.42 Å². The number of aryl methyl sites for hydroxylation is 1. The zero-order valence-corrected chi connectivity index (χ0v) is 14.2. The highest BCUT2D eigenvalue weighted by atomic mass is 32.1. The van der Waals surface area contributed by atoms with E-state index in [1.54, 1.807) is 22.5 Å². The highest BCUT2D eigenvalue weighted by Crippen LogP contribution is 2.16. The quantitative estimate of drug-likeness (QED) is 0.756. The molecule has 126 valence electrons. The van der Waals surface area contributed by atoms with Crippen LogP contribution in [0.2, 0.25) is 0 Å². The monoisotopic (exact) mass is 344 g/mol. The van der Waals surface area contributed by atoms with Crippen LogP contribution in [0.5, 0.6) is 0 Å². The van der Waals surface area contributed by atoms with Gasteiger partial charge in [-0.3, -0.25) is 9.59 Å². The smallest absolute Gasteiger partial charge is 0.223 e. The molecule has 0 spiro atoms. The fourth-order valence-corrected chi connectivity index (χ4v) is 3.44. The van der Waals surface area contributed by atoms with Gasteiger partial charge in [0.1, 0.15) is 0 Å². The van der Waals surface area contributed by atoms with Crippen molar-refractivity contribution < 1.29 is 14.3 Å². The van der Waals surface area contributed by atoms with E-state index in [0.717, 1.165) is 5.69 Å². The van der Waals surface area contributed by atoms with Crippen molar-refractivity contribution in [1.29, 1.82) is 0 Å². The maximum Gasteiger partial charge on any atom is 0.223 e. The Kier molecular flexibility index (Phi) is 5.72. The summed E-state index contributed by atoms with van der Waals surface area (Å²) < 4.78 is 5.49.